The predicted octanol–water partition coefficient (Wildman–Crippen LogP) is 1.90. The van der Waals surface area contributed by atoms with Gasteiger partial charge >= 0.3 is 0 Å². The van der Waals surface area contributed by atoms with E-state index in [2.05, 4.69) is 10.1 Å². The summed E-state index contributed by atoms with van der Waals surface area (Å²) >= 11 is 5.99. The zero-order valence-electron chi connectivity index (χ0n) is 9.10. The lowest BCUT2D eigenvalue weighted by Gasteiger charge is -2.03. The van der Waals surface area contributed by atoms with E-state index < -0.39 is 0 Å². The van der Waals surface area contributed by atoms with Crippen molar-refractivity contribution in [3.8, 4) is 0 Å². The van der Waals surface area contributed by atoms with Gasteiger partial charge in [0, 0.05) is 5.02 Å². The minimum atomic E-state index is 0.234. The maximum atomic E-state index is 5.99. The van der Waals surface area contributed by atoms with Gasteiger partial charge in [0.05, 0.1) is 13.2 Å². The van der Waals surface area contributed by atoms with E-state index in [1.165, 1.54) is 0 Å². The Morgan fingerprint density at radius 3 is 2.82 bits per heavy atom. The number of hydrogen-bond donors (Lipinski definition) is 1. The zero-order valence-corrected chi connectivity index (χ0v) is 9.85. The molecule has 0 amide bonds. The smallest absolute Gasteiger partial charge is 0.240 e. The third-order valence-electron chi connectivity index (χ3n) is 2.13. The van der Waals surface area contributed by atoms with Crippen molar-refractivity contribution < 1.29 is 9.26 Å². The van der Waals surface area contributed by atoms with Crippen LogP contribution in [0.3, 0.4) is 0 Å². The van der Waals surface area contributed by atoms with Crippen LogP contribution in [0.1, 0.15) is 17.3 Å². The number of benzene rings is 1. The molecule has 90 valence electrons. The summed E-state index contributed by atoms with van der Waals surface area (Å²) in [5.41, 5.74) is 6.28. The van der Waals surface area contributed by atoms with Crippen LogP contribution in [0.25, 0.3) is 0 Å². The lowest BCUT2D eigenvalue weighted by Crippen LogP contribution is -1.98. The second kappa shape index (κ2) is 5.77. The number of rotatable bonds is 5. The Bertz CT molecular complexity index is 487. The van der Waals surface area contributed by atoms with Crippen molar-refractivity contribution in [2.45, 2.75) is 19.8 Å². The summed E-state index contributed by atoms with van der Waals surface area (Å²) in [5, 5.41) is 4.40. The van der Waals surface area contributed by atoms with Crippen molar-refractivity contribution in [3.05, 3.63) is 46.6 Å². The van der Waals surface area contributed by atoms with E-state index in [1.807, 2.05) is 24.3 Å². The number of halogens is 1. The first kappa shape index (κ1) is 12.0. The van der Waals surface area contributed by atoms with E-state index >= 15 is 0 Å². The predicted molar refractivity (Wildman–Crippen MR) is 62.1 cm³/mol. The van der Waals surface area contributed by atoms with Gasteiger partial charge in [0.15, 0.2) is 5.82 Å². The molecule has 0 saturated heterocycles. The van der Waals surface area contributed by atoms with Gasteiger partial charge in [0.25, 0.3) is 0 Å². The van der Waals surface area contributed by atoms with Crippen LogP contribution >= 0.6 is 11.6 Å². The van der Waals surface area contributed by atoms with Gasteiger partial charge in [-0.15, -0.1) is 0 Å². The van der Waals surface area contributed by atoms with Crippen molar-refractivity contribution in [2.75, 3.05) is 0 Å². The highest BCUT2D eigenvalue weighted by Crippen LogP contribution is 2.16. The highest BCUT2D eigenvalue weighted by molar-refractivity contribution is 6.31. The first-order valence-electron chi connectivity index (χ1n) is 5.12. The molecule has 0 aliphatic carbocycles. The summed E-state index contributed by atoms with van der Waals surface area (Å²) in [6, 6.07) is 7.51. The standard InChI is InChI=1S/C11H12ClN3O2/c12-9-4-2-1-3-8(9)6-16-7-10-14-11(5-13)17-15-10/h1-4H,5-7,13H2. The summed E-state index contributed by atoms with van der Waals surface area (Å²) in [6.45, 7) is 0.915. The Labute approximate surface area is 104 Å². The minimum Gasteiger partial charge on any atom is -0.369 e. The third kappa shape index (κ3) is 3.26. The van der Waals surface area contributed by atoms with Crippen LogP contribution < -0.4 is 5.73 Å². The van der Waals surface area contributed by atoms with E-state index in [-0.39, 0.29) is 13.2 Å². The first-order valence-corrected chi connectivity index (χ1v) is 5.50. The number of nitrogens with two attached hydrogens (primary N) is 1. The molecule has 0 bridgehead atoms. The van der Waals surface area contributed by atoms with Crippen LogP contribution in [0.2, 0.25) is 5.02 Å². The topological polar surface area (TPSA) is 74.2 Å². The van der Waals surface area contributed by atoms with Gasteiger partial charge in [-0.25, -0.2) is 0 Å². The molecule has 0 aliphatic heterocycles. The number of nitrogens with zero attached hydrogens (tertiary/aromatic N) is 2. The van der Waals surface area contributed by atoms with Crippen LogP contribution in [-0.2, 0) is 24.5 Å². The normalized spacial score (nSPS) is 10.7. The number of ether oxygens (including phenoxy) is 1. The third-order valence-corrected chi connectivity index (χ3v) is 2.50. The Morgan fingerprint density at radius 2 is 2.12 bits per heavy atom. The van der Waals surface area contributed by atoms with E-state index in [1.54, 1.807) is 0 Å². The van der Waals surface area contributed by atoms with Gasteiger partial charge in [-0.2, -0.15) is 4.98 Å². The molecule has 1 aromatic heterocycles. The second-order valence-electron chi connectivity index (χ2n) is 3.39. The largest absolute Gasteiger partial charge is 0.369 e. The van der Waals surface area contributed by atoms with Crippen LogP contribution in [0, 0.1) is 0 Å². The van der Waals surface area contributed by atoms with Crippen LogP contribution in [-0.4, -0.2) is 10.1 Å². The van der Waals surface area contributed by atoms with Gasteiger partial charge in [-0.3, -0.25) is 0 Å². The first-order chi connectivity index (χ1) is 8.29. The summed E-state index contributed by atoms with van der Waals surface area (Å²) in [5.74, 6) is 0.888. The zero-order chi connectivity index (χ0) is 12.1. The fourth-order valence-corrected chi connectivity index (χ4v) is 1.49. The Balaban J connectivity index is 1.85. The average molecular weight is 254 g/mol. The van der Waals surface area contributed by atoms with Crippen molar-refractivity contribution in [3.63, 3.8) is 0 Å². The Hall–Kier alpha value is -1.43. The van der Waals surface area contributed by atoms with Gasteiger partial charge in [0.2, 0.25) is 5.89 Å². The molecule has 1 aromatic carbocycles. The molecule has 5 nitrogen and oxygen atoms in total. The molecular formula is C11H12ClN3O2. The molecule has 2 aromatic rings. The second-order valence-corrected chi connectivity index (χ2v) is 3.80. The van der Waals surface area contributed by atoms with Crippen molar-refractivity contribution in [1.29, 1.82) is 0 Å². The fourth-order valence-electron chi connectivity index (χ4n) is 1.30. The van der Waals surface area contributed by atoms with Crippen molar-refractivity contribution >= 4 is 11.6 Å². The van der Waals surface area contributed by atoms with Crippen LogP contribution in [0.15, 0.2) is 28.8 Å². The average Bonchev–Trinajstić information content (AvgIpc) is 2.80. The summed E-state index contributed by atoms with van der Waals surface area (Å²) in [4.78, 5) is 4.02. The lowest BCUT2D eigenvalue weighted by molar-refractivity contribution is 0.1000. The molecular weight excluding hydrogens is 242 g/mol. The molecule has 2 rings (SSSR count). The van der Waals surface area contributed by atoms with Crippen molar-refractivity contribution in [2.24, 2.45) is 5.73 Å². The van der Waals surface area contributed by atoms with Gasteiger partial charge < -0.3 is 15.0 Å². The van der Waals surface area contributed by atoms with Gasteiger partial charge in [0.1, 0.15) is 6.61 Å². The molecule has 0 spiro atoms. The lowest BCUT2D eigenvalue weighted by atomic mass is 10.2. The van der Waals surface area contributed by atoms with Crippen molar-refractivity contribution in [1.82, 2.24) is 10.1 Å². The molecule has 0 aliphatic rings. The molecule has 2 N–H and O–H groups in total. The minimum absolute atomic E-state index is 0.234. The quantitative estimate of drug-likeness (QED) is 0.881. The summed E-state index contributed by atoms with van der Waals surface area (Å²) in [6.07, 6.45) is 0. The van der Waals surface area contributed by atoms with E-state index in [0.717, 1.165) is 5.56 Å². The molecule has 6 heteroatoms. The molecule has 17 heavy (non-hydrogen) atoms. The maximum absolute atomic E-state index is 5.99. The SMILES string of the molecule is NCc1nc(COCc2ccccc2Cl)no1. The van der Waals surface area contributed by atoms with E-state index in [4.69, 9.17) is 26.6 Å². The maximum Gasteiger partial charge on any atom is 0.240 e. The molecule has 0 atom stereocenters. The number of hydrogen-bond acceptors (Lipinski definition) is 5. The van der Waals surface area contributed by atoms with Crippen LogP contribution in [0.4, 0.5) is 0 Å². The van der Waals surface area contributed by atoms with Crippen LogP contribution in [0.5, 0.6) is 0 Å². The summed E-state index contributed by atoms with van der Waals surface area (Å²) in [7, 11) is 0. The summed E-state index contributed by atoms with van der Waals surface area (Å²) < 4.78 is 10.3. The Morgan fingerprint density at radius 1 is 1.29 bits per heavy atom. The van der Waals surface area contributed by atoms with E-state index in [9.17, 15) is 0 Å². The fraction of sp³-hybridized carbons (Fsp3) is 0.273. The molecule has 0 fully saturated rings. The molecule has 0 saturated carbocycles. The molecule has 0 radical (unpaired) electrons. The van der Waals surface area contributed by atoms with Gasteiger partial charge in [-0.05, 0) is 11.6 Å². The Kier molecular flexibility index (Phi) is 4.08. The molecule has 0 unspecified atom stereocenters. The van der Waals surface area contributed by atoms with E-state index in [0.29, 0.717) is 23.3 Å². The highest BCUT2D eigenvalue weighted by Gasteiger charge is 2.05. The monoisotopic (exact) mass is 253 g/mol. The molecule has 1 heterocycles. The number of aromatic nitrogens is 2. The van der Waals surface area contributed by atoms with Gasteiger partial charge in [-0.1, -0.05) is 35.0 Å². The highest BCUT2D eigenvalue weighted by atomic mass is 35.5.